The molecule has 0 bridgehead atoms. The van der Waals surface area contributed by atoms with Gasteiger partial charge in [0.2, 0.25) is 0 Å². The quantitative estimate of drug-likeness (QED) is 0.171. The van der Waals surface area contributed by atoms with E-state index in [1.807, 2.05) is 0 Å². The second-order valence-corrected chi connectivity index (χ2v) is 23.8. The van der Waals surface area contributed by atoms with E-state index in [-0.39, 0.29) is 0 Å². The number of hydrogen-bond acceptors (Lipinski definition) is 2. The summed E-state index contributed by atoms with van der Waals surface area (Å²) in [5.74, 6) is 0. The Labute approximate surface area is 292 Å². The lowest BCUT2D eigenvalue weighted by atomic mass is 9.92. The molecule has 0 spiro atoms. The van der Waals surface area contributed by atoms with Gasteiger partial charge in [0, 0.05) is 32.7 Å². The number of furan rings is 2. The third kappa shape index (κ3) is 3.47. The minimum atomic E-state index is -2.22. The fraction of sp³-hybridized carbons (Fsp3) is 0.0870. The van der Waals surface area contributed by atoms with Crippen LogP contribution in [0.2, 0.25) is 26.2 Å². The average molecular weight is 675 g/mol. The van der Waals surface area contributed by atoms with Gasteiger partial charge in [0.05, 0.1) is 0 Å². The summed E-state index contributed by atoms with van der Waals surface area (Å²) in [5.41, 5.74) is 14.3. The Morgan fingerprint density at radius 3 is 1.20 bits per heavy atom. The van der Waals surface area contributed by atoms with Crippen LogP contribution in [0.3, 0.4) is 0 Å². The number of rotatable bonds is 2. The van der Waals surface area contributed by atoms with E-state index in [1.54, 1.807) is 10.4 Å². The second-order valence-electron chi connectivity index (χ2n) is 15.2. The molecule has 50 heavy (non-hydrogen) atoms. The normalized spacial score (nSPS) is 15.1. The highest BCUT2D eigenvalue weighted by Crippen LogP contribution is 2.47. The SMILES string of the molecule is C[Si]1(C)c2cc(-c3ccccc3)c3oc4ccccc4c3c2-c2ccc3c(c21)[Si](C)(C)c1cc(-c2ccccc2)c2oc4ccccc4c2c1-3. The molecular formula is C46H34O2Si2. The molecule has 0 saturated heterocycles. The highest BCUT2D eigenvalue weighted by Gasteiger charge is 2.49. The summed E-state index contributed by atoms with van der Waals surface area (Å²) in [6.07, 6.45) is 0. The third-order valence-electron chi connectivity index (χ3n) is 11.8. The summed E-state index contributed by atoms with van der Waals surface area (Å²) in [4.78, 5) is 0. The van der Waals surface area contributed by atoms with Crippen LogP contribution in [0.25, 0.3) is 88.4 Å². The standard InChI is InChI=1S/C46H34O2Si2/c1-49(2)37-25-33(27-15-7-5-8-16-27)43-41(29-19-11-13-21-35(29)47-43)39(37)31-23-24-32-40-38(50(3,4)46(32)45(31)49)26-34(28-17-9-6-10-18-28)44-42(40)30-20-12-14-22-36(30)48-44/h5-26H,1-4H3. The highest BCUT2D eigenvalue weighted by atomic mass is 28.3. The van der Waals surface area contributed by atoms with Crippen LogP contribution in [0.4, 0.5) is 0 Å². The maximum absolute atomic E-state index is 6.78. The summed E-state index contributed by atoms with van der Waals surface area (Å²) in [6, 6.07) is 48.7. The van der Waals surface area contributed by atoms with Gasteiger partial charge in [-0.2, -0.15) is 0 Å². The molecule has 4 heterocycles. The first-order chi connectivity index (χ1) is 24.3. The van der Waals surface area contributed by atoms with E-state index < -0.39 is 16.1 Å². The molecule has 0 radical (unpaired) electrons. The van der Waals surface area contributed by atoms with Gasteiger partial charge in [-0.3, -0.25) is 0 Å². The lowest BCUT2D eigenvalue weighted by molar-refractivity contribution is 0.670. The number of fused-ring (bicyclic) bond motifs is 15. The molecule has 7 aromatic carbocycles. The highest BCUT2D eigenvalue weighted by molar-refractivity contribution is 7.13. The molecule has 2 aliphatic heterocycles. The van der Waals surface area contributed by atoms with Crippen molar-refractivity contribution < 1.29 is 8.83 Å². The Hall–Kier alpha value is -5.43. The zero-order chi connectivity index (χ0) is 33.5. The zero-order valence-electron chi connectivity index (χ0n) is 28.5. The van der Waals surface area contributed by atoms with E-state index in [4.69, 9.17) is 8.83 Å². The molecule has 2 nitrogen and oxygen atoms in total. The van der Waals surface area contributed by atoms with E-state index in [0.29, 0.717) is 0 Å². The van der Waals surface area contributed by atoms with Crippen molar-refractivity contribution in [1.29, 1.82) is 0 Å². The average Bonchev–Trinajstić information content (AvgIpc) is 3.84. The Morgan fingerprint density at radius 1 is 0.400 bits per heavy atom. The molecule has 0 N–H and O–H groups in total. The van der Waals surface area contributed by atoms with Crippen molar-refractivity contribution in [3.63, 3.8) is 0 Å². The van der Waals surface area contributed by atoms with Gasteiger partial charge in [0.25, 0.3) is 0 Å². The van der Waals surface area contributed by atoms with Gasteiger partial charge in [-0.15, -0.1) is 0 Å². The van der Waals surface area contributed by atoms with E-state index in [1.165, 1.54) is 76.4 Å². The van der Waals surface area contributed by atoms with Crippen molar-refractivity contribution in [2.24, 2.45) is 0 Å². The van der Waals surface area contributed by atoms with Crippen LogP contribution >= 0.6 is 0 Å². The molecule has 0 saturated carbocycles. The number of benzene rings is 7. The molecule has 2 aromatic heterocycles. The molecule has 9 aromatic rings. The minimum absolute atomic E-state index is 0.951. The van der Waals surface area contributed by atoms with Crippen molar-refractivity contribution in [2.75, 3.05) is 0 Å². The van der Waals surface area contributed by atoms with E-state index in [9.17, 15) is 0 Å². The summed E-state index contributed by atoms with van der Waals surface area (Å²) >= 11 is 0. The lowest BCUT2D eigenvalue weighted by Crippen LogP contribution is -2.63. The minimum Gasteiger partial charge on any atom is -0.455 e. The molecular weight excluding hydrogens is 641 g/mol. The van der Waals surface area contributed by atoms with Crippen LogP contribution < -0.4 is 20.7 Å². The van der Waals surface area contributed by atoms with Gasteiger partial charge in [0.15, 0.2) is 0 Å². The Bertz CT molecular complexity index is 2710. The molecule has 0 unspecified atom stereocenters. The van der Waals surface area contributed by atoms with E-state index in [0.717, 1.165) is 22.3 Å². The molecule has 0 amide bonds. The predicted molar refractivity (Wildman–Crippen MR) is 216 cm³/mol. The summed E-state index contributed by atoms with van der Waals surface area (Å²) in [6.45, 7) is 10.4. The van der Waals surface area contributed by atoms with Crippen LogP contribution in [0.15, 0.2) is 142 Å². The summed E-state index contributed by atoms with van der Waals surface area (Å²) in [7, 11) is -4.44. The van der Waals surface area contributed by atoms with E-state index in [2.05, 4.69) is 160 Å². The maximum Gasteiger partial charge on any atom is 0.143 e. The van der Waals surface area contributed by atoms with Crippen molar-refractivity contribution in [1.82, 2.24) is 0 Å². The Balaban J connectivity index is 1.27. The summed E-state index contributed by atoms with van der Waals surface area (Å²) in [5, 5.41) is 11.2. The molecule has 238 valence electrons. The molecule has 0 aliphatic carbocycles. The smallest absolute Gasteiger partial charge is 0.143 e. The first-order valence-electron chi connectivity index (χ1n) is 17.6. The van der Waals surface area contributed by atoms with Crippen LogP contribution in [0.1, 0.15) is 0 Å². The van der Waals surface area contributed by atoms with Crippen molar-refractivity contribution in [3.05, 3.63) is 133 Å². The van der Waals surface area contributed by atoms with Crippen molar-refractivity contribution in [3.8, 4) is 44.5 Å². The maximum atomic E-state index is 6.78. The van der Waals surface area contributed by atoms with E-state index >= 15 is 0 Å². The van der Waals surface area contributed by atoms with Gasteiger partial charge >= 0.3 is 0 Å². The van der Waals surface area contributed by atoms with Crippen LogP contribution in [-0.2, 0) is 0 Å². The number of hydrogen-bond donors (Lipinski definition) is 0. The predicted octanol–water partition coefficient (Wildman–Crippen LogP) is 10.4. The molecule has 2 aliphatic rings. The zero-order valence-corrected chi connectivity index (χ0v) is 30.5. The number of para-hydroxylation sites is 2. The molecule has 4 heteroatoms. The van der Waals surface area contributed by atoms with Gasteiger partial charge in [0.1, 0.15) is 38.5 Å². The largest absolute Gasteiger partial charge is 0.455 e. The summed E-state index contributed by atoms with van der Waals surface area (Å²) < 4.78 is 13.6. The van der Waals surface area contributed by atoms with Gasteiger partial charge in [-0.1, -0.05) is 148 Å². The van der Waals surface area contributed by atoms with Gasteiger partial charge < -0.3 is 8.83 Å². The molecule has 0 atom stereocenters. The fourth-order valence-electron chi connectivity index (χ4n) is 9.60. The van der Waals surface area contributed by atoms with Crippen LogP contribution in [0.5, 0.6) is 0 Å². The monoisotopic (exact) mass is 674 g/mol. The Kier molecular flexibility index (Phi) is 5.47. The molecule has 11 rings (SSSR count). The second kappa shape index (κ2) is 9.63. The van der Waals surface area contributed by atoms with Crippen molar-refractivity contribution >= 4 is 80.8 Å². The third-order valence-corrected chi connectivity index (χ3v) is 19.1. The lowest BCUT2D eigenvalue weighted by Gasteiger charge is -2.28. The Morgan fingerprint density at radius 2 is 0.780 bits per heavy atom. The van der Waals surface area contributed by atoms with Gasteiger partial charge in [-0.05, 0) is 66.3 Å². The van der Waals surface area contributed by atoms with Crippen LogP contribution in [-0.4, -0.2) is 16.1 Å². The van der Waals surface area contributed by atoms with Gasteiger partial charge in [-0.25, -0.2) is 0 Å². The first-order valence-corrected chi connectivity index (χ1v) is 23.6. The first kappa shape index (κ1) is 28.4. The van der Waals surface area contributed by atoms with Crippen LogP contribution in [0, 0.1) is 0 Å². The van der Waals surface area contributed by atoms with Crippen molar-refractivity contribution in [2.45, 2.75) is 26.2 Å². The fourth-order valence-corrected chi connectivity index (χ4v) is 18.1. The topological polar surface area (TPSA) is 26.3 Å². The molecule has 0 fully saturated rings.